The third-order valence-electron chi connectivity index (χ3n) is 2.93. The molecule has 22 heavy (non-hydrogen) atoms. The fraction of sp³-hybridized carbons (Fsp3) is 0.0714. The molecule has 3 rings (SSSR count). The standard InChI is InChI=1S/C14H9Cl2N3O3/c15-11-4-2-8(13(16)19-11)14(21)17-7-1-3-10-9(5-7)18-12(20)6-22-10/h1-5H,6H2,(H,17,21)(H,18,20). The monoisotopic (exact) mass is 337 g/mol. The van der Waals surface area contributed by atoms with Crippen molar-refractivity contribution in [1.82, 2.24) is 4.98 Å². The van der Waals surface area contributed by atoms with Crippen molar-refractivity contribution in [3.8, 4) is 5.75 Å². The lowest BCUT2D eigenvalue weighted by atomic mass is 10.2. The van der Waals surface area contributed by atoms with E-state index >= 15 is 0 Å². The van der Waals surface area contributed by atoms with E-state index in [9.17, 15) is 9.59 Å². The van der Waals surface area contributed by atoms with Crippen LogP contribution in [-0.2, 0) is 4.79 Å². The van der Waals surface area contributed by atoms with E-state index < -0.39 is 5.91 Å². The molecule has 0 spiro atoms. The number of benzene rings is 1. The highest BCUT2D eigenvalue weighted by Gasteiger charge is 2.17. The van der Waals surface area contributed by atoms with Gasteiger partial charge in [-0.25, -0.2) is 4.98 Å². The molecule has 1 aromatic heterocycles. The highest BCUT2D eigenvalue weighted by atomic mass is 35.5. The first-order chi connectivity index (χ1) is 10.5. The second-order valence-electron chi connectivity index (χ2n) is 4.47. The van der Waals surface area contributed by atoms with Crippen LogP contribution in [0, 0.1) is 0 Å². The largest absolute Gasteiger partial charge is 0.482 e. The van der Waals surface area contributed by atoms with Gasteiger partial charge in [0.1, 0.15) is 16.1 Å². The number of ether oxygens (including phenoxy) is 1. The van der Waals surface area contributed by atoms with Crippen molar-refractivity contribution < 1.29 is 14.3 Å². The van der Waals surface area contributed by atoms with E-state index in [1.807, 2.05) is 0 Å². The molecule has 0 unspecified atom stereocenters. The first-order valence-electron chi connectivity index (χ1n) is 6.23. The second-order valence-corrected chi connectivity index (χ2v) is 5.22. The Morgan fingerprint density at radius 2 is 2.09 bits per heavy atom. The van der Waals surface area contributed by atoms with Gasteiger partial charge >= 0.3 is 0 Å². The van der Waals surface area contributed by atoms with E-state index in [0.29, 0.717) is 17.1 Å². The highest BCUT2D eigenvalue weighted by molar-refractivity contribution is 6.35. The normalized spacial score (nSPS) is 12.9. The summed E-state index contributed by atoms with van der Waals surface area (Å²) in [4.78, 5) is 27.3. The molecule has 0 atom stereocenters. The van der Waals surface area contributed by atoms with Gasteiger partial charge < -0.3 is 15.4 Å². The zero-order chi connectivity index (χ0) is 15.7. The van der Waals surface area contributed by atoms with Crippen molar-refractivity contribution in [2.24, 2.45) is 0 Å². The number of nitrogens with one attached hydrogen (secondary N) is 2. The van der Waals surface area contributed by atoms with E-state index in [1.54, 1.807) is 18.2 Å². The summed E-state index contributed by atoms with van der Waals surface area (Å²) in [5.41, 5.74) is 1.18. The lowest BCUT2D eigenvalue weighted by Crippen LogP contribution is -2.25. The van der Waals surface area contributed by atoms with Crippen LogP contribution < -0.4 is 15.4 Å². The summed E-state index contributed by atoms with van der Waals surface area (Å²) < 4.78 is 5.24. The van der Waals surface area contributed by atoms with Crippen molar-refractivity contribution >= 4 is 46.4 Å². The van der Waals surface area contributed by atoms with Gasteiger partial charge in [0, 0.05) is 5.69 Å². The first-order valence-corrected chi connectivity index (χ1v) is 6.98. The predicted molar refractivity (Wildman–Crippen MR) is 82.8 cm³/mol. The van der Waals surface area contributed by atoms with Gasteiger partial charge in [-0.1, -0.05) is 23.2 Å². The van der Waals surface area contributed by atoms with Gasteiger partial charge in [0.25, 0.3) is 11.8 Å². The minimum Gasteiger partial charge on any atom is -0.482 e. The molecule has 0 fully saturated rings. The Kier molecular flexibility index (Phi) is 3.87. The summed E-state index contributed by atoms with van der Waals surface area (Å²) in [6, 6.07) is 7.87. The summed E-state index contributed by atoms with van der Waals surface area (Å²) >= 11 is 11.6. The molecule has 8 heteroatoms. The first kappa shape index (κ1) is 14.6. The van der Waals surface area contributed by atoms with E-state index in [4.69, 9.17) is 27.9 Å². The molecule has 1 aliphatic heterocycles. The molecule has 0 aliphatic carbocycles. The molecule has 1 aliphatic rings. The zero-order valence-electron chi connectivity index (χ0n) is 11.0. The molecule has 1 aromatic carbocycles. The van der Waals surface area contributed by atoms with Crippen molar-refractivity contribution in [2.45, 2.75) is 0 Å². The van der Waals surface area contributed by atoms with E-state index in [-0.39, 0.29) is 28.4 Å². The van der Waals surface area contributed by atoms with Crippen molar-refractivity contribution in [3.63, 3.8) is 0 Å². The number of nitrogens with zero attached hydrogens (tertiary/aromatic N) is 1. The Morgan fingerprint density at radius 3 is 2.86 bits per heavy atom. The van der Waals surface area contributed by atoms with Gasteiger partial charge in [-0.2, -0.15) is 0 Å². The fourth-order valence-electron chi connectivity index (χ4n) is 1.94. The number of amides is 2. The summed E-state index contributed by atoms with van der Waals surface area (Å²) in [6.45, 7) is -0.0231. The topological polar surface area (TPSA) is 80.3 Å². The Bertz CT molecular complexity index is 780. The molecule has 0 saturated heterocycles. The number of aromatic nitrogens is 1. The quantitative estimate of drug-likeness (QED) is 0.825. The van der Waals surface area contributed by atoms with Crippen LogP contribution in [-0.4, -0.2) is 23.4 Å². The number of rotatable bonds is 2. The second kappa shape index (κ2) is 5.82. The van der Waals surface area contributed by atoms with Crippen LogP contribution in [0.5, 0.6) is 5.75 Å². The van der Waals surface area contributed by atoms with Gasteiger partial charge in [-0.05, 0) is 30.3 Å². The number of hydrogen-bond donors (Lipinski definition) is 2. The number of fused-ring (bicyclic) bond motifs is 1. The minimum atomic E-state index is -0.433. The summed E-state index contributed by atoms with van der Waals surface area (Å²) in [5, 5.41) is 5.55. The Labute approximate surface area is 135 Å². The Balaban J connectivity index is 1.82. The van der Waals surface area contributed by atoms with Crippen LogP contribution in [0.4, 0.5) is 11.4 Å². The maximum Gasteiger partial charge on any atom is 0.262 e. The van der Waals surface area contributed by atoms with Crippen LogP contribution in [0.3, 0.4) is 0 Å². The maximum atomic E-state index is 12.2. The third kappa shape index (κ3) is 2.98. The number of halogens is 2. The average Bonchev–Trinajstić information content (AvgIpc) is 2.46. The maximum absolute atomic E-state index is 12.2. The summed E-state index contributed by atoms with van der Waals surface area (Å²) in [6.07, 6.45) is 0. The van der Waals surface area contributed by atoms with Crippen molar-refractivity contribution in [2.75, 3.05) is 17.2 Å². The Hall–Kier alpha value is -2.31. The molecule has 0 saturated carbocycles. The average molecular weight is 338 g/mol. The molecule has 2 aromatic rings. The van der Waals surface area contributed by atoms with Crippen LogP contribution in [0.2, 0.25) is 10.3 Å². The fourth-order valence-corrected chi connectivity index (χ4v) is 2.37. The molecule has 112 valence electrons. The zero-order valence-corrected chi connectivity index (χ0v) is 12.5. The molecular formula is C14H9Cl2N3O3. The van der Waals surface area contributed by atoms with Crippen LogP contribution in [0.1, 0.15) is 10.4 Å². The summed E-state index contributed by atoms with van der Waals surface area (Å²) in [7, 11) is 0. The number of carbonyl (C=O) groups is 2. The molecular weight excluding hydrogens is 329 g/mol. The number of anilines is 2. The lowest BCUT2D eigenvalue weighted by molar-refractivity contribution is -0.118. The number of hydrogen-bond acceptors (Lipinski definition) is 4. The molecule has 0 radical (unpaired) electrons. The van der Waals surface area contributed by atoms with Gasteiger partial charge in [0.2, 0.25) is 0 Å². The highest BCUT2D eigenvalue weighted by Crippen LogP contribution is 2.30. The predicted octanol–water partition coefficient (Wildman–Crippen LogP) is 2.97. The van der Waals surface area contributed by atoms with Crippen LogP contribution in [0.25, 0.3) is 0 Å². The van der Waals surface area contributed by atoms with Gasteiger partial charge in [0.15, 0.2) is 6.61 Å². The lowest BCUT2D eigenvalue weighted by Gasteiger charge is -2.18. The van der Waals surface area contributed by atoms with Gasteiger partial charge in [-0.15, -0.1) is 0 Å². The van der Waals surface area contributed by atoms with Crippen molar-refractivity contribution in [1.29, 1.82) is 0 Å². The van der Waals surface area contributed by atoms with E-state index in [1.165, 1.54) is 12.1 Å². The minimum absolute atomic E-state index is 0.0135. The third-order valence-corrected chi connectivity index (χ3v) is 3.43. The van der Waals surface area contributed by atoms with E-state index in [2.05, 4.69) is 15.6 Å². The molecule has 2 amide bonds. The van der Waals surface area contributed by atoms with Crippen LogP contribution >= 0.6 is 23.2 Å². The Morgan fingerprint density at radius 1 is 1.27 bits per heavy atom. The van der Waals surface area contributed by atoms with Crippen molar-refractivity contribution in [3.05, 3.63) is 46.2 Å². The molecule has 0 bridgehead atoms. The molecule has 2 N–H and O–H groups in total. The number of pyridine rings is 1. The summed E-state index contributed by atoms with van der Waals surface area (Å²) in [5.74, 6) is -0.137. The van der Waals surface area contributed by atoms with Crippen LogP contribution in [0.15, 0.2) is 30.3 Å². The van der Waals surface area contributed by atoms with Gasteiger partial charge in [0.05, 0.1) is 11.3 Å². The number of carbonyl (C=O) groups excluding carboxylic acids is 2. The molecule has 2 heterocycles. The van der Waals surface area contributed by atoms with Gasteiger partial charge in [-0.3, -0.25) is 9.59 Å². The smallest absolute Gasteiger partial charge is 0.262 e. The van der Waals surface area contributed by atoms with E-state index in [0.717, 1.165) is 0 Å². The molecule has 6 nitrogen and oxygen atoms in total. The SMILES string of the molecule is O=C1COc2ccc(NC(=O)c3ccc(Cl)nc3Cl)cc2N1.